The van der Waals surface area contributed by atoms with Crippen LogP contribution in [0.1, 0.15) is 18.3 Å². The number of benzene rings is 3. The van der Waals surface area contributed by atoms with E-state index in [1.54, 1.807) is 6.07 Å². The van der Waals surface area contributed by atoms with Crippen molar-refractivity contribution in [1.29, 1.82) is 0 Å². The summed E-state index contributed by atoms with van der Waals surface area (Å²) >= 11 is 20.2. The van der Waals surface area contributed by atoms with Crippen LogP contribution in [-0.2, 0) is 47.0 Å². The molecule has 0 aliphatic carbocycles. The van der Waals surface area contributed by atoms with Crippen LogP contribution in [0.4, 0.5) is 0 Å². The van der Waals surface area contributed by atoms with Gasteiger partial charge in [0.1, 0.15) is 25.7 Å². The Morgan fingerprint density at radius 3 is 1.73 bits per heavy atom. The summed E-state index contributed by atoms with van der Waals surface area (Å²) in [5.74, 6) is 0. The van der Waals surface area contributed by atoms with E-state index in [1.807, 2.05) is 89.5 Å². The highest BCUT2D eigenvalue weighted by molar-refractivity contribution is 9.10. The number of fused-ring (bicyclic) bond motifs is 3. The van der Waals surface area contributed by atoms with Crippen molar-refractivity contribution in [3.63, 3.8) is 0 Å². The first kappa shape index (κ1) is 53.7. The summed E-state index contributed by atoms with van der Waals surface area (Å²) in [6, 6.07) is 31.5. The summed E-state index contributed by atoms with van der Waals surface area (Å²) in [5, 5.41) is 0.881. The number of imidazole rings is 2. The molecule has 14 nitrogen and oxygen atoms in total. The number of nitrogens with zero attached hydrogens (tertiary/aromatic N) is 6. The number of halogens is 4. The van der Waals surface area contributed by atoms with Crippen LogP contribution in [0.15, 0.2) is 105 Å². The minimum atomic E-state index is -3.57. The van der Waals surface area contributed by atoms with Crippen molar-refractivity contribution in [3.8, 4) is 28.5 Å². The zero-order valence-corrected chi connectivity index (χ0v) is 48.2. The quantitative estimate of drug-likeness (QED) is 0.0669. The van der Waals surface area contributed by atoms with Gasteiger partial charge in [0.25, 0.3) is 0 Å². The molecule has 0 radical (unpaired) electrons. The Morgan fingerprint density at radius 2 is 1.20 bits per heavy atom. The molecule has 3 aromatic carbocycles. The standard InChI is InChI=1S/C31H35BrClN3O5Si.C19H23BrClN3O3SSi/c1-42(2,3)14-13-37-19-36-25-16-24(33)28(20-9-11-22(32)12-10-20)34-29(25)35-31(36)40-23-15-26-27(38-17-23)18-39-30(41-26)21-7-5-4-6-8-21;1-28(25,26)19-23-18-16(24(19)12-27-9-10-29(2,3)4)11-15(21)17(22-18)13-5-7-14(20)8-6-13/h4-12,16,23,26-27,30H,13-15,17-19H2,1-3H3;5-8,11H,9-10,12H2,1-4H3/t23-,26+,27-,30?;/m1./s1. The summed E-state index contributed by atoms with van der Waals surface area (Å²) in [7, 11) is -6.06. The molecule has 71 heavy (non-hydrogen) atoms. The van der Waals surface area contributed by atoms with E-state index in [9.17, 15) is 8.42 Å². The predicted molar refractivity (Wildman–Crippen MR) is 291 cm³/mol. The highest BCUT2D eigenvalue weighted by atomic mass is 79.9. The summed E-state index contributed by atoms with van der Waals surface area (Å²) < 4.78 is 66.8. The normalized spacial score (nSPS) is 18.6. The van der Waals surface area contributed by atoms with Gasteiger partial charge in [0.15, 0.2) is 17.6 Å². The molecule has 2 fully saturated rings. The third-order valence-electron chi connectivity index (χ3n) is 11.8. The van der Waals surface area contributed by atoms with E-state index in [1.165, 1.54) is 4.57 Å². The van der Waals surface area contributed by atoms with Gasteiger partial charge in [-0.25, -0.2) is 18.4 Å². The first-order chi connectivity index (χ1) is 33.7. The van der Waals surface area contributed by atoms with Gasteiger partial charge in [-0.15, -0.1) is 0 Å². The lowest BCUT2D eigenvalue weighted by Crippen LogP contribution is -2.50. The molecular formula is C50H58Br2Cl2N6O8SSi2. The fourth-order valence-corrected chi connectivity index (χ4v) is 11.2. The van der Waals surface area contributed by atoms with Crippen LogP contribution in [0, 0.1) is 0 Å². The molecule has 0 spiro atoms. The smallest absolute Gasteiger partial charge is 0.301 e. The van der Waals surface area contributed by atoms with Gasteiger partial charge in [0.05, 0.1) is 51.8 Å². The lowest BCUT2D eigenvalue weighted by molar-refractivity contribution is -0.286. The highest BCUT2D eigenvalue weighted by Gasteiger charge is 2.40. The third-order valence-corrected chi connectivity index (χ3v) is 17.8. The summed E-state index contributed by atoms with van der Waals surface area (Å²) in [6.07, 6.45) is 0.786. The maximum Gasteiger partial charge on any atom is 0.301 e. The Bertz CT molecular complexity index is 3070. The van der Waals surface area contributed by atoms with Gasteiger partial charge in [-0.2, -0.15) is 9.97 Å². The van der Waals surface area contributed by atoms with E-state index in [4.69, 9.17) is 61.6 Å². The lowest BCUT2D eigenvalue weighted by atomic mass is 10.0. The number of aromatic nitrogens is 6. The van der Waals surface area contributed by atoms with Gasteiger partial charge in [-0.1, -0.05) is 149 Å². The third kappa shape index (κ3) is 14.0. The van der Waals surface area contributed by atoms with Crippen LogP contribution < -0.4 is 4.74 Å². The highest BCUT2D eigenvalue weighted by Crippen LogP contribution is 2.36. The van der Waals surface area contributed by atoms with Crippen LogP contribution in [0.2, 0.25) is 61.4 Å². The van der Waals surface area contributed by atoms with E-state index >= 15 is 0 Å². The maximum absolute atomic E-state index is 12.3. The largest absolute Gasteiger partial charge is 0.459 e. The van der Waals surface area contributed by atoms with Crippen LogP contribution in [0.25, 0.3) is 44.8 Å². The first-order valence-electron chi connectivity index (χ1n) is 23.3. The minimum absolute atomic E-state index is 0.0722. The zero-order valence-electron chi connectivity index (χ0n) is 40.7. The predicted octanol–water partition coefficient (Wildman–Crippen LogP) is 12.7. The first-order valence-corrected chi connectivity index (χ1v) is 34.9. The molecule has 378 valence electrons. The second-order valence-electron chi connectivity index (χ2n) is 20.0. The molecule has 0 bridgehead atoms. The molecule has 2 aliphatic rings. The second-order valence-corrected chi connectivity index (χ2v) is 35.8. The SMILES string of the molecule is C[Si](C)(C)CCOCn1c(O[C@H]2CO[C@@H]3COC(c4ccccc4)O[C@H]3C2)nc2nc(-c3ccc(Br)cc3)c(Cl)cc21.C[Si](C)(C)CCOCn1c(S(C)(=O)=O)nc2nc(-c3ccc(Br)cc3)c(Cl)cc21. The van der Waals surface area contributed by atoms with E-state index in [-0.39, 0.29) is 36.9 Å². The fourth-order valence-electron chi connectivity index (χ4n) is 7.83. The Hall–Kier alpha value is -3.58. The molecule has 4 aromatic heterocycles. The Morgan fingerprint density at radius 1 is 0.676 bits per heavy atom. The van der Waals surface area contributed by atoms with Gasteiger partial charge >= 0.3 is 6.01 Å². The van der Waals surface area contributed by atoms with Gasteiger partial charge < -0.3 is 28.4 Å². The van der Waals surface area contributed by atoms with Gasteiger partial charge in [-0.05, 0) is 48.5 Å². The number of hydrogen-bond donors (Lipinski definition) is 0. The number of hydrogen-bond acceptors (Lipinski definition) is 12. The minimum Gasteiger partial charge on any atom is -0.459 e. The number of pyridine rings is 2. The lowest BCUT2D eigenvalue weighted by Gasteiger charge is -2.41. The van der Waals surface area contributed by atoms with Crippen LogP contribution in [0.3, 0.4) is 0 Å². The maximum atomic E-state index is 12.3. The average molecular weight is 1190 g/mol. The van der Waals surface area contributed by atoms with Crippen LogP contribution >= 0.6 is 55.1 Å². The molecule has 6 heterocycles. The molecule has 2 aliphatic heterocycles. The van der Waals surface area contributed by atoms with Gasteiger partial charge in [0, 0.05) is 67.7 Å². The van der Waals surface area contributed by atoms with Crippen molar-refractivity contribution in [2.24, 2.45) is 0 Å². The van der Waals surface area contributed by atoms with E-state index in [2.05, 4.69) is 81.1 Å². The van der Waals surface area contributed by atoms with Gasteiger partial charge in [0.2, 0.25) is 15.0 Å². The second kappa shape index (κ2) is 22.9. The number of sulfone groups is 1. The number of ether oxygens (including phenoxy) is 6. The molecule has 0 saturated carbocycles. The topological polar surface area (TPSA) is 151 Å². The fraction of sp³-hybridized carbons (Fsp3) is 0.400. The number of rotatable bonds is 16. The van der Waals surface area contributed by atoms with Crippen LogP contribution in [0.5, 0.6) is 6.01 Å². The van der Waals surface area contributed by atoms with Crippen LogP contribution in [-0.4, -0.2) is 105 Å². The van der Waals surface area contributed by atoms with E-state index in [0.29, 0.717) is 77.1 Å². The van der Waals surface area contributed by atoms with Crippen molar-refractivity contribution in [2.75, 3.05) is 32.7 Å². The van der Waals surface area contributed by atoms with Crippen molar-refractivity contribution < 1.29 is 36.8 Å². The molecule has 4 atom stereocenters. The van der Waals surface area contributed by atoms with Crippen molar-refractivity contribution >= 4 is 103 Å². The summed E-state index contributed by atoms with van der Waals surface area (Å²) in [5.41, 5.74) is 6.08. The van der Waals surface area contributed by atoms with Crippen molar-refractivity contribution in [1.82, 2.24) is 29.1 Å². The van der Waals surface area contributed by atoms with E-state index in [0.717, 1.165) is 49.5 Å². The average Bonchev–Trinajstić information content (AvgIpc) is 3.85. The Balaban J connectivity index is 0.000000204. The molecule has 1 unspecified atom stereocenters. The molecule has 9 rings (SSSR count). The van der Waals surface area contributed by atoms with Gasteiger partial charge in [-0.3, -0.25) is 9.13 Å². The molecule has 0 N–H and O–H groups in total. The molecular weight excluding hydrogens is 1130 g/mol. The Labute approximate surface area is 443 Å². The Kier molecular flexibility index (Phi) is 17.3. The molecule has 21 heteroatoms. The molecule has 2 saturated heterocycles. The van der Waals surface area contributed by atoms with Crippen molar-refractivity contribution in [3.05, 3.63) is 116 Å². The molecule has 0 amide bonds. The summed E-state index contributed by atoms with van der Waals surface area (Å²) in [4.78, 5) is 18.5. The van der Waals surface area contributed by atoms with E-state index < -0.39 is 32.3 Å². The monoisotopic (exact) mass is 1190 g/mol. The zero-order chi connectivity index (χ0) is 50.7. The summed E-state index contributed by atoms with van der Waals surface area (Å²) in [6.45, 7) is 16.3. The molecule has 7 aromatic rings. The van der Waals surface area contributed by atoms with Crippen molar-refractivity contribution in [2.45, 2.75) is 101 Å².